The second kappa shape index (κ2) is 6.62. The fourth-order valence-corrected chi connectivity index (χ4v) is 3.18. The van der Waals surface area contributed by atoms with Crippen molar-refractivity contribution < 1.29 is 18.7 Å². The minimum absolute atomic E-state index is 0.00118. The first-order valence-corrected chi connectivity index (χ1v) is 8.78. The van der Waals surface area contributed by atoms with E-state index in [-0.39, 0.29) is 33.9 Å². The van der Waals surface area contributed by atoms with Gasteiger partial charge in [0.2, 0.25) is 0 Å². The molecule has 8 nitrogen and oxygen atoms in total. The number of anilines is 1. The summed E-state index contributed by atoms with van der Waals surface area (Å²) in [5.41, 5.74) is 0.892. The Hall–Kier alpha value is -4.34. The van der Waals surface area contributed by atoms with Gasteiger partial charge in [0.15, 0.2) is 17.3 Å². The number of aromatic hydroxyl groups is 1. The number of hydrogen-bond donors (Lipinski definition) is 3. The van der Waals surface area contributed by atoms with Gasteiger partial charge in [0.05, 0.1) is 22.7 Å². The Balaban J connectivity index is 1.56. The third kappa shape index (κ3) is 2.82. The van der Waals surface area contributed by atoms with E-state index in [1.54, 1.807) is 0 Å². The minimum atomic E-state index is -0.718. The number of benzene rings is 1. The van der Waals surface area contributed by atoms with Gasteiger partial charge in [-0.05, 0) is 24.3 Å². The van der Waals surface area contributed by atoms with Crippen LogP contribution in [-0.4, -0.2) is 35.8 Å². The predicted octanol–water partition coefficient (Wildman–Crippen LogP) is 3.51. The molecule has 0 spiro atoms. The molecule has 0 aliphatic heterocycles. The zero-order chi connectivity index (χ0) is 20.8. The average molecular weight is 406 g/mol. The van der Waals surface area contributed by atoms with Crippen LogP contribution in [0, 0.1) is 11.6 Å². The van der Waals surface area contributed by atoms with E-state index in [0.717, 1.165) is 0 Å². The Labute approximate surface area is 166 Å². The first-order valence-electron chi connectivity index (χ1n) is 8.78. The smallest absolute Gasteiger partial charge is 0.259 e. The van der Waals surface area contributed by atoms with E-state index in [9.17, 15) is 18.7 Å². The molecule has 1 aromatic carbocycles. The second-order valence-electron chi connectivity index (χ2n) is 6.49. The number of rotatable bonds is 3. The zero-order valence-electron chi connectivity index (χ0n) is 15.1. The Morgan fingerprint density at radius 2 is 1.97 bits per heavy atom. The van der Waals surface area contributed by atoms with Crippen LogP contribution in [-0.2, 0) is 0 Å². The molecule has 3 N–H and O–H groups in total. The monoisotopic (exact) mass is 406 g/mol. The third-order valence-electron chi connectivity index (χ3n) is 4.62. The van der Waals surface area contributed by atoms with Gasteiger partial charge in [0, 0.05) is 17.8 Å². The lowest BCUT2D eigenvalue weighted by Crippen LogP contribution is -2.14. The van der Waals surface area contributed by atoms with Crippen LogP contribution in [0.2, 0.25) is 0 Å². The summed E-state index contributed by atoms with van der Waals surface area (Å²) in [6, 6.07) is 9.57. The molecular weight excluding hydrogens is 394 g/mol. The number of nitrogens with zero attached hydrogens (tertiary/aromatic N) is 4. The molecule has 0 aliphatic rings. The van der Waals surface area contributed by atoms with Crippen molar-refractivity contribution in [3.8, 4) is 17.0 Å². The fourth-order valence-electron chi connectivity index (χ4n) is 3.18. The number of amides is 1. The molecular formula is C20H12F2N6O2. The van der Waals surface area contributed by atoms with Gasteiger partial charge in [0.25, 0.3) is 5.91 Å². The predicted molar refractivity (Wildman–Crippen MR) is 104 cm³/mol. The number of carbonyl (C=O) groups is 1. The molecule has 0 unspecified atom stereocenters. The van der Waals surface area contributed by atoms with Gasteiger partial charge in [-0.2, -0.15) is 10.2 Å². The summed E-state index contributed by atoms with van der Waals surface area (Å²) in [6.45, 7) is 0. The first-order chi connectivity index (χ1) is 14.5. The van der Waals surface area contributed by atoms with Gasteiger partial charge in [0.1, 0.15) is 17.3 Å². The number of nitrogens with one attached hydrogen (secondary N) is 2. The molecule has 4 aromatic heterocycles. The first kappa shape index (κ1) is 17.7. The van der Waals surface area contributed by atoms with Gasteiger partial charge in [-0.25, -0.2) is 18.3 Å². The maximum absolute atomic E-state index is 14.9. The lowest BCUT2D eigenvalue weighted by molar-refractivity contribution is 0.102. The summed E-state index contributed by atoms with van der Waals surface area (Å²) < 4.78 is 30.2. The van der Waals surface area contributed by atoms with Crippen molar-refractivity contribution in [1.82, 2.24) is 24.8 Å². The number of fused-ring (bicyclic) bond motifs is 2. The topological polar surface area (TPSA) is 108 Å². The van der Waals surface area contributed by atoms with Gasteiger partial charge in [-0.3, -0.25) is 9.89 Å². The third-order valence-corrected chi connectivity index (χ3v) is 4.62. The molecule has 5 aromatic rings. The Morgan fingerprint density at radius 3 is 2.80 bits per heavy atom. The maximum atomic E-state index is 14.9. The highest BCUT2D eigenvalue weighted by molar-refractivity contribution is 6.07. The van der Waals surface area contributed by atoms with Gasteiger partial charge >= 0.3 is 0 Å². The molecule has 0 aliphatic carbocycles. The maximum Gasteiger partial charge on any atom is 0.259 e. The van der Waals surface area contributed by atoms with Crippen LogP contribution >= 0.6 is 0 Å². The van der Waals surface area contributed by atoms with E-state index in [1.165, 1.54) is 59.4 Å². The van der Waals surface area contributed by atoms with Gasteiger partial charge in [-0.15, -0.1) is 0 Å². The molecule has 0 atom stereocenters. The number of aromatic nitrogens is 5. The number of halogens is 2. The molecule has 1 amide bonds. The highest BCUT2D eigenvalue weighted by Gasteiger charge is 2.19. The molecule has 5 rings (SSSR count). The van der Waals surface area contributed by atoms with Crippen LogP contribution in [0.5, 0.6) is 5.75 Å². The second-order valence-corrected chi connectivity index (χ2v) is 6.49. The highest BCUT2D eigenvalue weighted by Crippen LogP contribution is 2.30. The van der Waals surface area contributed by atoms with E-state index in [2.05, 4.69) is 25.6 Å². The van der Waals surface area contributed by atoms with E-state index < -0.39 is 17.5 Å². The highest BCUT2D eigenvalue weighted by atomic mass is 19.1. The van der Waals surface area contributed by atoms with Crippen molar-refractivity contribution >= 4 is 28.3 Å². The van der Waals surface area contributed by atoms with Gasteiger partial charge < -0.3 is 10.4 Å². The van der Waals surface area contributed by atoms with Crippen molar-refractivity contribution in [1.29, 1.82) is 0 Å². The quantitative estimate of drug-likeness (QED) is 0.425. The molecule has 0 fully saturated rings. The zero-order valence-corrected chi connectivity index (χ0v) is 15.1. The summed E-state index contributed by atoms with van der Waals surface area (Å²) in [4.78, 5) is 16.6. The number of H-pyrrole nitrogens is 1. The van der Waals surface area contributed by atoms with Crippen LogP contribution in [0.1, 0.15) is 10.4 Å². The standard InChI is InChI=1S/C20H12F2N6O2/c21-14-4-2-1-3-11(14)20(30)25-19-12-8-15(22)17(24-18(12)26-27-19)13-9-23-28-6-5-10(29)7-16(13)28/h1-9,29H,(H2,24,25,26,27,30). The lowest BCUT2D eigenvalue weighted by Gasteiger charge is -2.05. The van der Waals surface area contributed by atoms with Crippen LogP contribution in [0.15, 0.2) is 54.9 Å². The molecule has 30 heavy (non-hydrogen) atoms. The molecule has 148 valence electrons. The van der Waals surface area contributed by atoms with Crippen molar-refractivity contribution in [3.63, 3.8) is 0 Å². The fraction of sp³-hybridized carbons (Fsp3) is 0. The van der Waals surface area contributed by atoms with E-state index in [1.807, 2.05) is 0 Å². The van der Waals surface area contributed by atoms with Crippen molar-refractivity contribution in [2.45, 2.75) is 0 Å². The van der Waals surface area contributed by atoms with Crippen molar-refractivity contribution in [3.05, 3.63) is 72.1 Å². The summed E-state index contributed by atoms with van der Waals surface area (Å²) in [7, 11) is 0. The van der Waals surface area contributed by atoms with Crippen LogP contribution < -0.4 is 5.32 Å². The van der Waals surface area contributed by atoms with Crippen molar-refractivity contribution in [2.75, 3.05) is 5.32 Å². The van der Waals surface area contributed by atoms with Crippen molar-refractivity contribution in [2.24, 2.45) is 0 Å². The lowest BCUT2D eigenvalue weighted by atomic mass is 10.1. The molecule has 0 saturated heterocycles. The average Bonchev–Trinajstić information content (AvgIpc) is 3.31. The summed E-state index contributed by atoms with van der Waals surface area (Å²) >= 11 is 0. The Morgan fingerprint density at radius 1 is 1.13 bits per heavy atom. The largest absolute Gasteiger partial charge is 0.508 e. The molecule has 0 radical (unpaired) electrons. The van der Waals surface area contributed by atoms with E-state index >= 15 is 0 Å². The van der Waals surface area contributed by atoms with Crippen LogP contribution in [0.4, 0.5) is 14.6 Å². The number of aromatic amines is 1. The summed E-state index contributed by atoms with van der Waals surface area (Å²) in [5.74, 6) is -2.05. The van der Waals surface area contributed by atoms with E-state index in [4.69, 9.17) is 0 Å². The minimum Gasteiger partial charge on any atom is -0.508 e. The number of pyridine rings is 2. The summed E-state index contributed by atoms with van der Waals surface area (Å²) in [5, 5.41) is 23.1. The normalized spacial score (nSPS) is 11.3. The Bertz CT molecular complexity index is 1440. The molecule has 0 bridgehead atoms. The SMILES string of the molecule is O=C(Nc1n[nH]c2nc(-c3cnn4ccc(O)cc34)c(F)cc12)c1ccccc1F. The van der Waals surface area contributed by atoms with Crippen LogP contribution in [0.3, 0.4) is 0 Å². The molecule has 4 heterocycles. The van der Waals surface area contributed by atoms with E-state index in [0.29, 0.717) is 11.1 Å². The Kier molecular flexibility index (Phi) is 3.91. The van der Waals surface area contributed by atoms with Gasteiger partial charge in [-0.1, -0.05) is 12.1 Å². The van der Waals surface area contributed by atoms with Crippen LogP contribution in [0.25, 0.3) is 27.8 Å². The summed E-state index contributed by atoms with van der Waals surface area (Å²) in [6.07, 6.45) is 2.97. The molecule has 0 saturated carbocycles. The molecule has 10 heteroatoms. The number of carbonyl (C=O) groups excluding carboxylic acids is 1. The number of hydrogen-bond acceptors (Lipinski definition) is 5.